The molecule has 9 atom stereocenters. The summed E-state index contributed by atoms with van der Waals surface area (Å²) in [7, 11) is 0. The van der Waals surface area contributed by atoms with Crippen molar-refractivity contribution in [1.82, 2.24) is 9.78 Å². The fraction of sp³-hybridized carbons (Fsp3) is 0.632. The largest absolute Gasteiger partial charge is 0.457 e. The Kier molecular flexibility index (Phi) is 9.01. The van der Waals surface area contributed by atoms with Crippen molar-refractivity contribution in [1.29, 1.82) is 0 Å². The van der Waals surface area contributed by atoms with Gasteiger partial charge in [-0.2, -0.15) is 5.10 Å². The number of hydrogen-bond acceptors (Lipinski definition) is 7. The number of allylic oxidation sites excluding steroid dienone is 1. The molecule has 1 heterocycles. The average molecular weight is 665 g/mol. The first-order valence-electron chi connectivity index (χ1n) is 17.4. The first-order valence-corrected chi connectivity index (χ1v) is 17.8. The van der Waals surface area contributed by atoms with Crippen LogP contribution < -0.4 is 0 Å². The number of hydrogen-bond donors (Lipinski definition) is 1. The van der Waals surface area contributed by atoms with Crippen LogP contribution in [-0.4, -0.2) is 56.3 Å². The van der Waals surface area contributed by atoms with Crippen LogP contribution in [-0.2, 0) is 43.2 Å². The van der Waals surface area contributed by atoms with Crippen molar-refractivity contribution >= 4 is 35.4 Å². The van der Waals surface area contributed by atoms with Crippen molar-refractivity contribution in [3.05, 3.63) is 58.4 Å². The van der Waals surface area contributed by atoms with E-state index < -0.39 is 41.4 Å². The molecule has 8 nitrogen and oxygen atoms in total. The van der Waals surface area contributed by atoms with Crippen LogP contribution in [0.3, 0.4) is 0 Å². The van der Waals surface area contributed by atoms with Crippen molar-refractivity contribution in [2.45, 2.75) is 110 Å². The molecule has 3 saturated carbocycles. The highest BCUT2D eigenvalue weighted by molar-refractivity contribution is 6.21. The van der Waals surface area contributed by atoms with Crippen molar-refractivity contribution in [3.63, 3.8) is 0 Å². The number of Topliss-reactive ketones (excluding diaryl/α,β-unsaturated/α-hetero) is 1. The van der Waals surface area contributed by atoms with Crippen LogP contribution in [0.15, 0.2) is 36.0 Å². The monoisotopic (exact) mass is 664 g/mol. The molecule has 254 valence electrons. The molecule has 3 fully saturated rings. The third-order valence-electron chi connectivity index (χ3n) is 12.4. The number of alkyl halides is 1. The maximum absolute atomic E-state index is 14.2. The minimum absolute atomic E-state index is 0.0857. The smallest absolute Gasteiger partial charge is 0.306 e. The Bertz CT molecular complexity index is 1580. The molecule has 1 N–H and O–H groups in total. The maximum Gasteiger partial charge on any atom is 0.306 e. The van der Waals surface area contributed by atoms with E-state index in [9.17, 15) is 19.5 Å². The highest BCUT2D eigenvalue weighted by Crippen LogP contribution is 2.70. The number of fused-ring (bicyclic) bond motifs is 6. The lowest BCUT2D eigenvalue weighted by Crippen LogP contribution is -2.66. The number of carbonyl (C=O) groups excluding carboxylic acids is 3. The number of aliphatic hydroxyl groups excluding tert-OH is 1. The van der Waals surface area contributed by atoms with E-state index in [0.717, 1.165) is 24.1 Å². The molecule has 4 aliphatic rings. The van der Waals surface area contributed by atoms with Gasteiger partial charge in [-0.25, -0.2) is 0 Å². The van der Waals surface area contributed by atoms with Gasteiger partial charge in [-0.3, -0.25) is 19.1 Å². The SMILES string of the molecule is CCC(=O)OCC(=O)[C@@]1(OC(=O)CC)[C@H](C)C[C@H]2[C@H]3[C@H]([C@@H](O)C[C@@]21C)[C@@]1(C)Cc2cnn(Cc4ccc(CC)cc4)c2C=C1C[C@H]3Cl. The van der Waals surface area contributed by atoms with Crippen molar-refractivity contribution in [2.24, 2.45) is 34.5 Å². The summed E-state index contributed by atoms with van der Waals surface area (Å²) < 4.78 is 13.6. The highest BCUT2D eigenvalue weighted by Gasteiger charge is 2.74. The lowest BCUT2D eigenvalue weighted by molar-refractivity contribution is -0.207. The van der Waals surface area contributed by atoms with E-state index in [4.69, 9.17) is 26.2 Å². The second kappa shape index (κ2) is 12.5. The number of halogens is 1. The van der Waals surface area contributed by atoms with Gasteiger partial charge in [0.15, 0.2) is 12.2 Å². The van der Waals surface area contributed by atoms with Crippen LogP contribution in [0.2, 0.25) is 0 Å². The lowest BCUT2D eigenvalue weighted by Gasteiger charge is -2.61. The molecule has 0 saturated heterocycles. The third-order valence-corrected chi connectivity index (χ3v) is 12.9. The van der Waals surface area contributed by atoms with Gasteiger partial charge in [0.1, 0.15) is 0 Å². The Hall–Kier alpha value is -2.97. The molecule has 0 amide bonds. The third kappa shape index (κ3) is 5.29. The fourth-order valence-electron chi connectivity index (χ4n) is 10.1. The molecule has 47 heavy (non-hydrogen) atoms. The van der Waals surface area contributed by atoms with E-state index in [0.29, 0.717) is 19.4 Å². The molecule has 0 radical (unpaired) electrons. The van der Waals surface area contributed by atoms with Crippen LogP contribution in [0.25, 0.3) is 6.08 Å². The first kappa shape index (κ1) is 33.9. The Morgan fingerprint density at radius 1 is 1.06 bits per heavy atom. The quantitative estimate of drug-likeness (QED) is 0.247. The summed E-state index contributed by atoms with van der Waals surface area (Å²) in [5, 5.41) is 16.8. The summed E-state index contributed by atoms with van der Waals surface area (Å²) in [5.41, 5.74) is 3.22. The molecule has 4 aliphatic carbocycles. The standard InChI is InChI=1S/C38H49ClN2O6/c1-7-23-10-12-24(13-11-23)20-41-29-16-26-15-28(39)34-27-14-22(4)38(47-33(45)9-3,31(43)21-46-32(44)8-2)37(27,6)18-30(42)35(34)36(26,5)17-25(29)19-40-41/h10-13,16,19,22,27-28,30,34-35,42H,7-9,14-15,17-18,20-21H2,1-6H3/t22-,27+,28-,30+,34-,35+,36+,37+,38+/m1/s1. The minimum Gasteiger partial charge on any atom is -0.457 e. The summed E-state index contributed by atoms with van der Waals surface area (Å²) in [6.45, 7) is 11.9. The Morgan fingerprint density at radius 3 is 2.40 bits per heavy atom. The summed E-state index contributed by atoms with van der Waals surface area (Å²) in [4.78, 5) is 39.2. The first-order chi connectivity index (χ1) is 22.3. The van der Waals surface area contributed by atoms with Gasteiger partial charge < -0.3 is 14.6 Å². The minimum atomic E-state index is -1.53. The number of esters is 2. The van der Waals surface area contributed by atoms with Crippen LogP contribution >= 0.6 is 11.6 Å². The van der Waals surface area contributed by atoms with E-state index in [1.165, 1.54) is 16.7 Å². The van der Waals surface area contributed by atoms with Gasteiger partial charge in [-0.1, -0.05) is 71.4 Å². The van der Waals surface area contributed by atoms with Crippen LogP contribution in [0.4, 0.5) is 0 Å². The second-order valence-electron chi connectivity index (χ2n) is 14.9. The van der Waals surface area contributed by atoms with Gasteiger partial charge in [0.25, 0.3) is 0 Å². The number of aryl methyl sites for hydroxylation is 1. The van der Waals surface area contributed by atoms with Gasteiger partial charge >= 0.3 is 11.9 Å². The van der Waals surface area contributed by atoms with Gasteiger partial charge in [0.05, 0.1) is 24.5 Å². The Balaban J connectivity index is 1.34. The zero-order valence-corrected chi connectivity index (χ0v) is 29.3. The molecule has 0 bridgehead atoms. The van der Waals surface area contributed by atoms with E-state index in [2.05, 4.69) is 48.9 Å². The number of ether oxygens (including phenoxy) is 2. The molecule has 0 aliphatic heterocycles. The topological polar surface area (TPSA) is 108 Å². The van der Waals surface area contributed by atoms with E-state index >= 15 is 0 Å². The molecule has 9 heteroatoms. The average Bonchev–Trinajstić information content (AvgIpc) is 3.52. The van der Waals surface area contributed by atoms with Crippen molar-refractivity contribution in [2.75, 3.05) is 6.61 Å². The number of ketones is 1. The van der Waals surface area contributed by atoms with Crippen LogP contribution in [0, 0.1) is 34.5 Å². The van der Waals surface area contributed by atoms with E-state index in [1.54, 1.807) is 13.8 Å². The number of nitrogens with zero attached hydrogens (tertiary/aromatic N) is 2. The number of aromatic nitrogens is 2. The predicted molar refractivity (Wildman–Crippen MR) is 180 cm³/mol. The molecule has 6 rings (SSSR count). The zero-order chi connectivity index (χ0) is 33.9. The van der Waals surface area contributed by atoms with Crippen LogP contribution in [0.5, 0.6) is 0 Å². The predicted octanol–water partition coefficient (Wildman–Crippen LogP) is 6.32. The lowest BCUT2D eigenvalue weighted by atomic mass is 9.45. The van der Waals surface area contributed by atoms with Gasteiger partial charge in [-0.05, 0) is 78.0 Å². The van der Waals surface area contributed by atoms with E-state index in [1.807, 2.05) is 20.0 Å². The summed E-state index contributed by atoms with van der Waals surface area (Å²) in [5.74, 6) is -2.08. The van der Waals surface area contributed by atoms with Crippen LogP contribution in [0.1, 0.15) is 96.0 Å². The Labute approximate surface area is 283 Å². The number of carbonyl (C=O) groups is 3. The number of rotatable bonds is 9. The van der Waals surface area contributed by atoms with E-state index in [-0.39, 0.29) is 53.7 Å². The molecular formula is C38H49ClN2O6. The molecule has 0 unspecified atom stereocenters. The van der Waals surface area contributed by atoms with Crippen molar-refractivity contribution in [3.8, 4) is 0 Å². The number of benzene rings is 1. The Morgan fingerprint density at radius 2 is 1.74 bits per heavy atom. The molecule has 0 spiro atoms. The molecule has 1 aromatic heterocycles. The summed E-state index contributed by atoms with van der Waals surface area (Å²) in [6.07, 6.45) is 6.99. The normalized spacial score (nSPS) is 35.5. The zero-order valence-electron chi connectivity index (χ0n) is 28.6. The van der Waals surface area contributed by atoms with Gasteiger partial charge in [-0.15, -0.1) is 11.6 Å². The molecule has 1 aromatic carbocycles. The van der Waals surface area contributed by atoms with Gasteiger partial charge in [0, 0.05) is 29.6 Å². The second-order valence-corrected chi connectivity index (χ2v) is 15.5. The summed E-state index contributed by atoms with van der Waals surface area (Å²) in [6, 6.07) is 8.68. The molecule has 2 aromatic rings. The van der Waals surface area contributed by atoms with Gasteiger partial charge in [0.2, 0.25) is 5.78 Å². The molecular weight excluding hydrogens is 616 g/mol. The fourth-order valence-corrected chi connectivity index (χ4v) is 10.6. The highest BCUT2D eigenvalue weighted by atomic mass is 35.5. The number of aliphatic hydroxyl groups is 1. The maximum atomic E-state index is 14.2. The van der Waals surface area contributed by atoms with Crippen molar-refractivity contribution < 1.29 is 29.0 Å². The summed E-state index contributed by atoms with van der Waals surface area (Å²) >= 11 is 7.40.